The van der Waals surface area contributed by atoms with E-state index >= 15 is 0 Å². The van der Waals surface area contributed by atoms with Gasteiger partial charge in [-0.25, -0.2) is 0 Å². The van der Waals surface area contributed by atoms with Crippen LogP contribution in [0.3, 0.4) is 0 Å². The first-order valence-corrected chi connectivity index (χ1v) is 10.6. The Bertz CT molecular complexity index is 747. The molecule has 27 heavy (non-hydrogen) atoms. The Morgan fingerprint density at radius 3 is 2.78 bits per heavy atom. The molecule has 0 amide bonds. The van der Waals surface area contributed by atoms with Crippen LogP contribution in [0.5, 0.6) is 0 Å². The van der Waals surface area contributed by atoms with Crippen molar-refractivity contribution in [2.24, 2.45) is 0 Å². The molecule has 3 aliphatic rings. The van der Waals surface area contributed by atoms with Gasteiger partial charge >= 0.3 is 0 Å². The average molecular weight is 362 g/mol. The van der Waals surface area contributed by atoms with E-state index in [9.17, 15) is 0 Å². The topological polar surface area (TPSA) is 3.24 Å². The Morgan fingerprint density at radius 1 is 1.19 bits per heavy atom. The van der Waals surface area contributed by atoms with Gasteiger partial charge in [-0.2, -0.15) is 0 Å². The zero-order valence-corrected chi connectivity index (χ0v) is 17.4. The molecule has 1 aromatic rings. The lowest BCUT2D eigenvalue weighted by atomic mass is 9.86. The maximum atomic E-state index is 4.00. The average Bonchev–Trinajstić information content (AvgIpc) is 3.26. The smallest absolute Gasteiger partial charge is 0.0236 e. The fourth-order valence-electron chi connectivity index (χ4n) is 5.19. The van der Waals surface area contributed by atoms with Crippen molar-refractivity contribution in [2.75, 3.05) is 6.54 Å². The molecule has 1 aromatic carbocycles. The summed E-state index contributed by atoms with van der Waals surface area (Å²) < 4.78 is 0. The largest absolute Gasteiger partial charge is 0.296 e. The van der Waals surface area contributed by atoms with Gasteiger partial charge < -0.3 is 0 Å². The van der Waals surface area contributed by atoms with Gasteiger partial charge in [0.15, 0.2) is 0 Å². The van der Waals surface area contributed by atoms with Gasteiger partial charge in [0.2, 0.25) is 0 Å². The number of hydrogen-bond acceptors (Lipinski definition) is 1. The van der Waals surface area contributed by atoms with Crippen molar-refractivity contribution in [3.05, 3.63) is 58.2 Å². The lowest BCUT2D eigenvalue weighted by Gasteiger charge is -2.35. The second-order valence-electron chi connectivity index (χ2n) is 8.98. The van der Waals surface area contributed by atoms with Crippen LogP contribution in [0.15, 0.2) is 41.5 Å². The maximum Gasteiger partial charge on any atom is 0.0236 e. The van der Waals surface area contributed by atoms with Crippen molar-refractivity contribution >= 4 is 0 Å². The standard InChI is InChI=1S/C24H33N.C2H2/c1-4-14-25(22-10-9-19-6-5-7-20(19)16-22)17-18-8-11-23-21(15-18)12-13-24(23,2)3;1-2/h5-6,8,11,15,22H,4,7,9-10,12-14,16-17H2,1-3H3;1-2H. The quantitative estimate of drug-likeness (QED) is 0.566. The first-order chi connectivity index (χ1) is 13.1. The van der Waals surface area contributed by atoms with E-state index in [0.717, 1.165) is 12.6 Å². The van der Waals surface area contributed by atoms with E-state index in [1.54, 1.807) is 22.3 Å². The van der Waals surface area contributed by atoms with E-state index in [1.165, 1.54) is 57.1 Å². The number of allylic oxidation sites excluding steroid dienone is 3. The third kappa shape index (κ3) is 4.22. The predicted octanol–water partition coefficient (Wildman–Crippen LogP) is 6.18. The van der Waals surface area contributed by atoms with Crippen LogP contribution in [-0.4, -0.2) is 17.5 Å². The molecule has 4 rings (SSSR count). The highest BCUT2D eigenvalue weighted by Gasteiger charge is 2.30. The molecule has 1 nitrogen and oxygen atoms in total. The lowest BCUT2D eigenvalue weighted by molar-refractivity contribution is 0.171. The fraction of sp³-hybridized carbons (Fsp3) is 0.538. The molecular weight excluding hydrogens is 326 g/mol. The number of fused-ring (bicyclic) bond motifs is 1. The van der Waals surface area contributed by atoms with Crippen LogP contribution in [0.2, 0.25) is 0 Å². The molecule has 0 spiro atoms. The number of terminal acetylenes is 1. The van der Waals surface area contributed by atoms with E-state index in [1.807, 2.05) is 0 Å². The number of rotatable bonds is 5. The van der Waals surface area contributed by atoms with Crippen molar-refractivity contribution in [2.45, 2.75) is 83.7 Å². The first-order valence-electron chi connectivity index (χ1n) is 10.6. The summed E-state index contributed by atoms with van der Waals surface area (Å²) in [4.78, 5) is 2.77. The Balaban J connectivity index is 0.00000102. The molecule has 0 bridgehead atoms. The van der Waals surface area contributed by atoms with E-state index in [0.29, 0.717) is 5.41 Å². The lowest BCUT2D eigenvalue weighted by Crippen LogP contribution is -2.37. The van der Waals surface area contributed by atoms with E-state index in [4.69, 9.17) is 0 Å². The normalized spacial score (nSPS) is 22.4. The highest BCUT2D eigenvalue weighted by atomic mass is 15.1. The van der Waals surface area contributed by atoms with Crippen LogP contribution in [0.4, 0.5) is 0 Å². The third-order valence-electron chi connectivity index (χ3n) is 6.70. The molecule has 1 heteroatoms. The van der Waals surface area contributed by atoms with E-state index < -0.39 is 0 Å². The van der Waals surface area contributed by atoms with Gasteiger partial charge in [0, 0.05) is 12.6 Å². The number of aryl methyl sites for hydroxylation is 1. The van der Waals surface area contributed by atoms with E-state index in [2.05, 4.69) is 68.9 Å². The van der Waals surface area contributed by atoms with Gasteiger partial charge in [-0.05, 0) is 79.2 Å². The Kier molecular flexibility index (Phi) is 6.28. The van der Waals surface area contributed by atoms with Crippen molar-refractivity contribution in [3.8, 4) is 12.8 Å². The summed E-state index contributed by atoms with van der Waals surface area (Å²) >= 11 is 0. The summed E-state index contributed by atoms with van der Waals surface area (Å²) in [5.74, 6) is 0. The van der Waals surface area contributed by atoms with E-state index in [-0.39, 0.29) is 0 Å². The molecule has 1 atom stereocenters. The predicted molar refractivity (Wildman–Crippen MR) is 117 cm³/mol. The van der Waals surface area contributed by atoms with Crippen LogP contribution < -0.4 is 0 Å². The molecule has 0 aromatic heterocycles. The highest BCUT2D eigenvalue weighted by molar-refractivity contribution is 5.41. The SMILES string of the molecule is C#C.CCCN(Cc1ccc2c(c1)CCC2(C)C)C1CCC2=C(CC=C2)C1. The maximum absolute atomic E-state index is 4.00. The zero-order chi connectivity index (χ0) is 19.4. The zero-order valence-electron chi connectivity index (χ0n) is 17.4. The summed E-state index contributed by atoms with van der Waals surface area (Å²) in [5, 5.41) is 0. The second-order valence-corrected chi connectivity index (χ2v) is 8.98. The van der Waals surface area contributed by atoms with Gasteiger partial charge in [0.05, 0.1) is 0 Å². The molecule has 144 valence electrons. The van der Waals surface area contributed by atoms with Crippen molar-refractivity contribution < 1.29 is 0 Å². The monoisotopic (exact) mass is 361 g/mol. The second kappa shape index (κ2) is 8.49. The van der Waals surface area contributed by atoms with Gasteiger partial charge in [-0.15, -0.1) is 12.8 Å². The Labute approximate surface area is 166 Å². The molecular formula is C26H35N. The number of hydrogen-bond donors (Lipinski definition) is 0. The minimum absolute atomic E-state index is 0.374. The van der Waals surface area contributed by atoms with Crippen LogP contribution in [0, 0.1) is 12.8 Å². The molecule has 0 fully saturated rings. The molecule has 0 saturated heterocycles. The van der Waals surface area contributed by atoms with Gasteiger partial charge in [-0.1, -0.05) is 56.7 Å². The summed E-state index contributed by atoms with van der Waals surface area (Å²) in [6.45, 7) is 9.46. The van der Waals surface area contributed by atoms with Crippen molar-refractivity contribution in [1.82, 2.24) is 4.90 Å². The summed E-state index contributed by atoms with van der Waals surface area (Å²) in [7, 11) is 0. The fourth-order valence-corrected chi connectivity index (χ4v) is 5.19. The van der Waals surface area contributed by atoms with Crippen LogP contribution in [-0.2, 0) is 18.4 Å². The first kappa shape index (κ1) is 20.0. The molecule has 0 heterocycles. The summed E-state index contributed by atoms with van der Waals surface area (Å²) in [5.41, 5.74) is 8.45. The molecule has 0 saturated carbocycles. The Morgan fingerprint density at radius 2 is 2.00 bits per heavy atom. The van der Waals surface area contributed by atoms with Gasteiger partial charge in [0.25, 0.3) is 0 Å². The van der Waals surface area contributed by atoms with Crippen molar-refractivity contribution in [3.63, 3.8) is 0 Å². The molecule has 0 aliphatic heterocycles. The molecule has 0 N–H and O–H groups in total. The van der Waals surface area contributed by atoms with Crippen molar-refractivity contribution in [1.29, 1.82) is 0 Å². The minimum Gasteiger partial charge on any atom is -0.296 e. The molecule has 3 aliphatic carbocycles. The number of nitrogens with zero attached hydrogens (tertiary/aromatic N) is 1. The molecule has 0 radical (unpaired) electrons. The third-order valence-corrected chi connectivity index (χ3v) is 6.70. The summed E-state index contributed by atoms with van der Waals surface area (Å²) in [6.07, 6.45) is 21.7. The highest BCUT2D eigenvalue weighted by Crippen LogP contribution is 2.39. The van der Waals surface area contributed by atoms with Crippen LogP contribution in [0.1, 0.15) is 76.0 Å². The Hall–Kier alpha value is -1.78. The minimum atomic E-state index is 0.374. The van der Waals surface area contributed by atoms with Crippen LogP contribution in [0.25, 0.3) is 0 Å². The summed E-state index contributed by atoms with van der Waals surface area (Å²) in [6, 6.07) is 8.07. The van der Waals surface area contributed by atoms with Gasteiger partial charge in [0.1, 0.15) is 0 Å². The number of benzene rings is 1. The van der Waals surface area contributed by atoms with Gasteiger partial charge in [-0.3, -0.25) is 4.90 Å². The van der Waals surface area contributed by atoms with Crippen LogP contribution >= 0.6 is 0 Å². The molecule has 1 unspecified atom stereocenters.